The number of hydrogen-bond acceptors (Lipinski definition) is 4. The van der Waals surface area contributed by atoms with Gasteiger partial charge in [0, 0.05) is 30.1 Å². The molecule has 0 spiro atoms. The van der Waals surface area contributed by atoms with Crippen LogP contribution in [0.15, 0.2) is 73.1 Å². The summed E-state index contributed by atoms with van der Waals surface area (Å²) in [5.74, 6) is 1.33. The normalized spacial score (nSPS) is 13.0. The van der Waals surface area contributed by atoms with Gasteiger partial charge >= 0.3 is 0 Å². The van der Waals surface area contributed by atoms with E-state index in [2.05, 4.69) is 48.4 Å². The zero-order valence-electron chi connectivity index (χ0n) is 19.5. The second-order valence-corrected chi connectivity index (χ2v) is 9.01. The molecule has 6 heteroatoms. The number of ether oxygens (including phenoxy) is 1. The molecule has 1 aliphatic heterocycles. The molecule has 1 N–H and O–H groups in total. The standard InChI is InChI=1S/C28H28N4O2/c1-19(2)17-20-3-5-21(6-4-20)18-34-24-9-7-22(8-10-24)25-26(23-11-13-29-14-12-23)31-32-16-15-30-28(33)27(25)32/h3-14,19H,15-18H2,1-2H3,(H,30,33). The molecule has 0 aliphatic carbocycles. The van der Waals surface area contributed by atoms with Crippen molar-refractivity contribution >= 4 is 5.91 Å². The Kier molecular flexibility index (Phi) is 6.12. The Morgan fingerprint density at radius 2 is 1.65 bits per heavy atom. The fraction of sp³-hybridized carbons (Fsp3) is 0.250. The smallest absolute Gasteiger partial charge is 0.270 e. The Morgan fingerprint density at radius 1 is 0.941 bits per heavy atom. The monoisotopic (exact) mass is 452 g/mol. The van der Waals surface area contributed by atoms with E-state index in [0.29, 0.717) is 31.3 Å². The molecule has 6 nitrogen and oxygen atoms in total. The van der Waals surface area contributed by atoms with Crippen molar-refractivity contribution in [3.05, 3.63) is 89.9 Å². The van der Waals surface area contributed by atoms with Crippen molar-refractivity contribution in [3.8, 4) is 28.1 Å². The molecule has 1 aliphatic rings. The van der Waals surface area contributed by atoms with Crippen LogP contribution in [0.4, 0.5) is 0 Å². The lowest BCUT2D eigenvalue weighted by molar-refractivity contribution is 0.0925. The molecule has 0 saturated carbocycles. The lowest BCUT2D eigenvalue weighted by Crippen LogP contribution is -2.35. The van der Waals surface area contributed by atoms with Gasteiger partial charge in [-0.2, -0.15) is 5.10 Å². The number of amides is 1. The number of carbonyl (C=O) groups is 1. The second-order valence-electron chi connectivity index (χ2n) is 9.01. The van der Waals surface area contributed by atoms with E-state index in [-0.39, 0.29) is 5.91 Å². The van der Waals surface area contributed by atoms with Crippen LogP contribution < -0.4 is 10.1 Å². The largest absolute Gasteiger partial charge is 0.489 e. The van der Waals surface area contributed by atoms with Gasteiger partial charge in [-0.25, -0.2) is 0 Å². The molecular formula is C28H28N4O2. The highest BCUT2D eigenvalue weighted by Crippen LogP contribution is 2.36. The fourth-order valence-electron chi connectivity index (χ4n) is 4.33. The van der Waals surface area contributed by atoms with Gasteiger partial charge in [0.2, 0.25) is 0 Å². The molecule has 172 valence electrons. The summed E-state index contributed by atoms with van der Waals surface area (Å²) in [7, 11) is 0. The molecule has 3 heterocycles. The molecule has 5 rings (SSSR count). The zero-order chi connectivity index (χ0) is 23.5. The van der Waals surface area contributed by atoms with Gasteiger partial charge in [-0.1, -0.05) is 50.2 Å². The molecule has 0 unspecified atom stereocenters. The van der Waals surface area contributed by atoms with Crippen LogP contribution in [0.5, 0.6) is 5.75 Å². The number of carbonyl (C=O) groups excluding carboxylic acids is 1. The Morgan fingerprint density at radius 3 is 2.35 bits per heavy atom. The van der Waals surface area contributed by atoms with Crippen molar-refractivity contribution < 1.29 is 9.53 Å². The summed E-state index contributed by atoms with van der Waals surface area (Å²) < 4.78 is 7.83. The van der Waals surface area contributed by atoms with Crippen LogP contribution in [0.2, 0.25) is 0 Å². The minimum atomic E-state index is -0.102. The fourth-order valence-corrected chi connectivity index (χ4v) is 4.33. The molecule has 2 aromatic heterocycles. The third-order valence-corrected chi connectivity index (χ3v) is 5.95. The Bertz CT molecular complexity index is 1280. The van der Waals surface area contributed by atoms with Crippen molar-refractivity contribution in [3.63, 3.8) is 0 Å². The highest BCUT2D eigenvalue weighted by molar-refractivity contribution is 6.03. The van der Waals surface area contributed by atoms with Gasteiger partial charge in [-0.3, -0.25) is 14.5 Å². The predicted molar refractivity (Wildman–Crippen MR) is 133 cm³/mol. The molecule has 1 amide bonds. The van der Waals surface area contributed by atoms with Crippen LogP contribution in [-0.4, -0.2) is 27.2 Å². The van der Waals surface area contributed by atoms with Crippen LogP contribution >= 0.6 is 0 Å². The van der Waals surface area contributed by atoms with Crippen molar-refractivity contribution in [2.24, 2.45) is 5.92 Å². The minimum absolute atomic E-state index is 0.102. The zero-order valence-corrected chi connectivity index (χ0v) is 19.5. The van der Waals surface area contributed by atoms with Crippen molar-refractivity contribution in [2.75, 3.05) is 6.54 Å². The average Bonchev–Trinajstić information content (AvgIpc) is 3.25. The maximum atomic E-state index is 12.7. The summed E-state index contributed by atoms with van der Waals surface area (Å²) in [6, 6.07) is 20.3. The van der Waals surface area contributed by atoms with E-state index < -0.39 is 0 Å². The Labute approximate surface area is 199 Å². The maximum absolute atomic E-state index is 12.7. The van der Waals surface area contributed by atoms with E-state index in [9.17, 15) is 4.79 Å². The summed E-state index contributed by atoms with van der Waals surface area (Å²) in [6.07, 6.45) is 4.56. The highest BCUT2D eigenvalue weighted by atomic mass is 16.5. The van der Waals surface area contributed by atoms with Crippen molar-refractivity contribution in [2.45, 2.75) is 33.4 Å². The minimum Gasteiger partial charge on any atom is -0.489 e. The number of nitrogens with zero attached hydrogens (tertiary/aromatic N) is 3. The molecule has 0 saturated heterocycles. The van der Waals surface area contributed by atoms with Gasteiger partial charge in [0.25, 0.3) is 5.91 Å². The lowest BCUT2D eigenvalue weighted by atomic mass is 9.98. The van der Waals surface area contributed by atoms with E-state index in [1.807, 2.05) is 36.4 Å². The highest BCUT2D eigenvalue weighted by Gasteiger charge is 2.27. The molecule has 0 radical (unpaired) electrons. The van der Waals surface area contributed by atoms with Crippen molar-refractivity contribution in [1.29, 1.82) is 0 Å². The van der Waals surface area contributed by atoms with Crippen LogP contribution in [0, 0.1) is 5.92 Å². The maximum Gasteiger partial charge on any atom is 0.270 e. The molecule has 0 bridgehead atoms. The van der Waals surface area contributed by atoms with Crippen LogP contribution in [0.1, 0.15) is 35.5 Å². The quantitative estimate of drug-likeness (QED) is 0.422. The first-order valence-corrected chi connectivity index (χ1v) is 11.7. The Hall–Kier alpha value is -3.93. The lowest BCUT2D eigenvalue weighted by Gasteiger charge is -2.15. The first kappa shape index (κ1) is 21.9. The van der Waals surface area contributed by atoms with Gasteiger partial charge in [0.1, 0.15) is 23.7 Å². The molecule has 0 fully saturated rings. The third-order valence-electron chi connectivity index (χ3n) is 5.95. The molecular weight excluding hydrogens is 424 g/mol. The number of aromatic nitrogens is 3. The van der Waals surface area contributed by atoms with Gasteiger partial charge in [0.15, 0.2) is 0 Å². The van der Waals surface area contributed by atoms with Crippen LogP contribution in [-0.2, 0) is 19.6 Å². The molecule has 0 atom stereocenters. The predicted octanol–water partition coefficient (Wildman–Crippen LogP) is 5.13. The van der Waals surface area contributed by atoms with Crippen molar-refractivity contribution in [1.82, 2.24) is 20.1 Å². The SMILES string of the molecule is CC(C)Cc1ccc(COc2ccc(-c3c(-c4ccncc4)nn4c3C(=O)NCC4)cc2)cc1. The number of fused-ring (bicyclic) bond motifs is 1. The van der Waals surface area contributed by atoms with Gasteiger partial charge in [0.05, 0.1) is 6.54 Å². The number of benzene rings is 2. The molecule has 4 aromatic rings. The average molecular weight is 453 g/mol. The Balaban J connectivity index is 1.38. The first-order valence-electron chi connectivity index (χ1n) is 11.7. The summed E-state index contributed by atoms with van der Waals surface area (Å²) in [5, 5.41) is 7.71. The summed E-state index contributed by atoms with van der Waals surface area (Å²) >= 11 is 0. The number of hydrogen-bond donors (Lipinski definition) is 1. The summed E-state index contributed by atoms with van der Waals surface area (Å²) in [6.45, 7) is 6.19. The van der Waals surface area contributed by atoms with E-state index in [0.717, 1.165) is 40.1 Å². The number of nitrogens with one attached hydrogen (secondary N) is 1. The molecule has 34 heavy (non-hydrogen) atoms. The van der Waals surface area contributed by atoms with E-state index >= 15 is 0 Å². The van der Waals surface area contributed by atoms with Gasteiger partial charge < -0.3 is 10.1 Å². The summed E-state index contributed by atoms with van der Waals surface area (Å²) in [4.78, 5) is 16.8. The summed E-state index contributed by atoms with van der Waals surface area (Å²) in [5.41, 5.74) is 6.55. The molecule has 2 aromatic carbocycles. The van der Waals surface area contributed by atoms with E-state index in [1.165, 1.54) is 5.56 Å². The van der Waals surface area contributed by atoms with E-state index in [1.54, 1.807) is 17.1 Å². The first-order chi connectivity index (χ1) is 16.6. The third kappa shape index (κ3) is 4.57. The van der Waals surface area contributed by atoms with E-state index in [4.69, 9.17) is 9.84 Å². The topological polar surface area (TPSA) is 69.0 Å². The number of pyridine rings is 1. The van der Waals surface area contributed by atoms with Gasteiger partial charge in [-0.15, -0.1) is 0 Å². The second kappa shape index (κ2) is 9.51. The van der Waals surface area contributed by atoms with Crippen LogP contribution in [0.3, 0.4) is 0 Å². The van der Waals surface area contributed by atoms with Crippen LogP contribution in [0.25, 0.3) is 22.4 Å². The van der Waals surface area contributed by atoms with Gasteiger partial charge in [-0.05, 0) is 53.3 Å². The number of rotatable bonds is 7.